The average molecular weight is 285 g/mol. The van der Waals surface area contributed by atoms with Crippen LogP contribution in [0.2, 0.25) is 0 Å². The number of Topliss-reactive ketones (excluding diaryl/α,β-unsaturated/α-hetero) is 1. The maximum atomic E-state index is 11.2. The zero-order valence-corrected chi connectivity index (χ0v) is 13.1. The van der Waals surface area contributed by atoms with E-state index in [1.54, 1.807) is 6.92 Å². The van der Waals surface area contributed by atoms with Crippen LogP contribution in [0.15, 0.2) is 30.3 Å². The van der Waals surface area contributed by atoms with Gasteiger partial charge in [-0.15, -0.1) is 0 Å². The molecule has 21 heavy (non-hydrogen) atoms. The van der Waals surface area contributed by atoms with Gasteiger partial charge in [-0.3, -0.25) is 0 Å². The Morgan fingerprint density at radius 2 is 1.76 bits per heavy atom. The number of hydrogen-bond acceptors (Lipinski definition) is 2. The third-order valence-corrected chi connectivity index (χ3v) is 5.23. The maximum Gasteiger partial charge on any atom is 0.130 e. The Kier molecular flexibility index (Phi) is 4.74. The van der Waals surface area contributed by atoms with E-state index in [0.717, 1.165) is 18.3 Å². The van der Waals surface area contributed by atoms with Gasteiger partial charge < -0.3 is 10.1 Å². The molecule has 0 radical (unpaired) electrons. The average Bonchev–Trinajstić information content (AvgIpc) is 3.27. The Morgan fingerprint density at radius 1 is 1.10 bits per heavy atom. The summed E-state index contributed by atoms with van der Waals surface area (Å²) < 4.78 is 0. The Balaban J connectivity index is 1.35. The summed E-state index contributed by atoms with van der Waals surface area (Å²) in [7, 11) is 0. The van der Waals surface area contributed by atoms with Crippen LogP contribution in [0.5, 0.6) is 0 Å². The first-order chi connectivity index (χ1) is 10.2. The fourth-order valence-electron chi connectivity index (χ4n) is 3.85. The monoisotopic (exact) mass is 285 g/mol. The number of carbonyl (C=O) groups is 1. The van der Waals surface area contributed by atoms with Crippen LogP contribution in [0.1, 0.15) is 56.9 Å². The second-order valence-corrected chi connectivity index (χ2v) is 7.06. The Labute approximate surface area is 128 Å². The molecular weight excluding hydrogens is 258 g/mol. The predicted octanol–water partition coefficient (Wildman–Crippen LogP) is 3.92. The van der Waals surface area contributed by atoms with Crippen LogP contribution in [0.3, 0.4) is 0 Å². The summed E-state index contributed by atoms with van der Waals surface area (Å²) in [6.45, 7) is 2.89. The van der Waals surface area contributed by atoms with E-state index in [1.807, 2.05) is 0 Å². The summed E-state index contributed by atoms with van der Waals surface area (Å²) in [4.78, 5) is 11.2. The fourth-order valence-corrected chi connectivity index (χ4v) is 3.85. The van der Waals surface area contributed by atoms with Crippen molar-refractivity contribution in [1.82, 2.24) is 5.32 Å². The van der Waals surface area contributed by atoms with Crippen molar-refractivity contribution in [2.24, 2.45) is 11.8 Å². The van der Waals surface area contributed by atoms with E-state index in [1.165, 1.54) is 44.2 Å². The lowest BCUT2D eigenvalue weighted by Gasteiger charge is -2.28. The molecule has 1 aromatic carbocycles. The van der Waals surface area contributed by atoms with Gasteiger partial charge in [0.1, 0.15) is 5.78 Å². The summed E-state index contributed by atoms with van der Waals surface area (Å²) in [5.74, 6) is 2.59. The van der Waals surface area contributed by atoms with Gasteiger partial charge in [-0.25, -0.2) is 0 Å². The first kappa shape index (κ1) is 14.8. The summed E-state index contributed by atoms with van der Waals surface area (Å²) in [6.07, 6.45) is 7.20. The molecule has 0 aromatic heterocycles. The lowest BCUT2D eigenvalue weighted by atomic mass is 9.80. The van der Waals surface area contributed by atoms with Gasteiger partial charge in [-0.1, -0.05) is 30.3 Å². The highest BCUT2D eigenvalue weighted by Crippen LogP contribution is 2.41. The molecule has 2 aliphatic rings. The molecule has 2 nitrogen and oxygen atoms in total. The van der Waals surface area contributed by atoms with Crippen molar-refractivity contribution in [1.29, 1.82) is 0 Å². The van der Waals surface area contributed by atoms with Crippen LogP contribution in [-0.4, -0.2) is 18.4 Å². The third-order valence-electron chi connectivity index (χ3n) is 5.23. The number of ketones is 1. The van der Waals surface area contributed by atoms with E-state index in [0.29, 0.717) is 17.7 Å². The predicted molar refractivity (Wildman–Crippen MR) is 86.3 cm³/mol. The molecule has 2 fully saturated rings. The van der Waals surface area contributed by atoms with Crippen molar-refractivity contribution in [3.63, 3.8) is 0 Å². The number of nitrogens with one attached hydrogen (secondary N) is 1. The molecule has 0 saturated heterocycles. The summed E-state index contributed by atoms with van der Waals surface area (Å²) >= 11 is 0. The number of benzene rings is 1. The molecule has 0 heterocycles. The van der Waals surface area contributed by atoms with E-state index < -0.39 is 0 Å². The lowest BCUT2D eigenvalue weighted by molar-refractivity contribution is -0.118. The van der Waals surface area contributed by atoms with Crippen molar-refractivity contribution >= 4 is 5.78 Å². The number of rotatable bonds is 6. The molecule has 2 saturated carbocycles. The van der Waals surface area contributed by atoms with Crippen molar-refractivity contribution in [3.8, 4) is 0 Å². The maximum absolute atomic E-state index is 11.2. The first-order valence-electron chi connectivity index (χ1n) is 8.50. The number of carbonyl (C=O) groups excluding carboxylic acids is 1. The zero-order valence-electron chi connectivity index (χ0n) is 13.1. The molecule has 114 valence electrons. The quantitative estimate of drug-likeness (QED) is 0.858. The molecule has 0 amide bonds. The summed E-state index contributed by atoms with van der Waals surface area (Å²) in [5.41, 5.74) is 1.49. The van der Waals surface area contributed by atoms with Crippen molar-refractivity contribution in [2.75, 3.05) is 6.54 Å². The molecule has 0 bridgehead atoms. The van der Waals surface area contributed by atoms with Gasteiger partial charge in [0.25, 0.3) is 0 Å². The van der Waals surface area contributed by atoms with E-state index >= 15 is 0 Å². The van der Waals surface area contributed by atoms with Gasteiger partial charge in [0.15, 0.2) is 0 Å². The molecule has 2 heteroatoms. The molecule has 2 aliphatic carbocycles. The Bertz CT molecular complexity index is 462. The SMILES string of the molecule is CC(=O)CC1CCC(CN[C@@H]2C[C@H]2c2ccccc2)CC1. The largest absolute Gasteiger partial charge is 0.313 e. The highest BCUT2D eigenvalue weighted by atomic mass is 16.1. The highest BCUT2D eigenvalue weighted by molar-refractivity contribution is 5.75. The molecule has 1 aromatic rings. The van der Waals surface area contributed by atoms with Crippen LogP contribution in [0, 0.1) is 11.8 Å². The fraction of sp³-hybridized carbons (Fsp3) is 0.632. The van der Waals surface area contributed by atoms with Gasteiger partial charge in [-0.2, -0.15) is 0 Å². The smallest absolute Gasteiger partial charge is 0.130 e. The molecule has 1 N–H and O–H groups in total. The number of hydrogen-bond donors (Lipinski definition) is 1. The molecule has 0 spiro atoms. The van der Waals surface area contributed by atoms with Crippen LogP contribution < -0.4 is 5.32 Å². The highest BCUT2D eigenvalue weighted by Gasteiger charge is 2.38. The normalized spacial score (nSPS) is 31.9. The topological polar surface area (TPSA) is 29.1 Å². The van der Waals surface area contributed by atoms with E-state index in [4.69, 9.17) is 0 Å². The van der Waals surface area contributed by atoms with E-state index in [9.17, 15) is 4.79 Å². The van der Waals surface area contributed by atoms with Gasteiger partial charge in [-0.05, 0) is 63.0 Å². The van der Waals surface area contributed by atoms with Crippen LogP contribution in [-0.2, 0) is 4.79 Å². The van der Waals surface area contributed by atoms with Crippen LogP contribution >= 0.6 is 0 Å². The molecular formula is C19H27NO. The lowest BCUT2D eigenvalue weighted by Crippen LogP contribution is -2.29. The summed E-state index contributed by atoms with van der Waals surface area (Å²) in [6, 6.07) is 11.6. The minimum Gasteiger partial charge on any atom is -0.313 e. The van der Waals surface area contributed by atoms with Gasteiger partial charge >= 0.3 is 0 Å². The van der Waals surface area contributed by atoms with Crippen molar-refractivity contribution in [2.45, 2.75) is 57.4 Å². The third kappa shape index (κ3) is 4.16. The second kappa shape index (κ2) is 6.74. The Hall–Kier alpha value is -1.15. The second-order valence-electron chi connectivity index (χ2n) is 7.06. The standard InChI is InChI=1S/C19H27NO/c1-14(21)11-15-7-9-16(10-8-15)13-20-19-12-18(19)17-5-3-2-4-6-17/h2-6,15-16,18-20H,7-13H2,1H3/t15?,16?,18-,19+/m0/s1. The summed E-state index contributed by atoms with van der Waals surface area (Å²) in [5, 5.41) is 3.76. The Morgan fingerprint density at radius 3 is 2.43 bits per heavy atom. The van der Waals surface area contributed by atoms with Crippen molar-refractivity contribution < 1.29 is 4.79 Å². The van der Waals surface area contributed by atoms with Gasteiger partial charge in [0.05, 0.1) is 0 Å². The minimum atomic E-state index is 0.361. The van der Waals surface area contributed by atoms with Crippen molar-refractivity contribution in [3.05, 3.63) is 35.9 Å². The van der Waals surface area contributed by atoms with Crippen LogP contribution in [0.25, 0.3) is 0 Å². The zero-order chi connectivity index (χ0) is 14.7. The van der Waals surface area contributed by atoms with Crippen LogP contribution in [0.4, 0.5) is 0 Å². The van der Waals surface area contributed by atoms with E-state index in [2.05, 4.69) is 35.6 Å². The minimum absolute atomic E-state index is 0.361. The molecule has 2 atom stereocenters. The molecule has 0 unspecified atom stereocenters. The molecule has 3 rings (SSSR count). The van der Waals surface area contributed by atoms with E-state index in [-0.39, 0.29) is 0 Å². The first-order valence-corrected chi connectivity index (χ1v) is 8.50. The molecule has 0 aliphatic heterocycles. The van der Waals surface area contributed by atoms with Gasteiger partial charge in [0, 0.05) is 18.4 Å². The van der Waals surface area contributed by atoms with Gasteiger partial charge in [0.2, 0.25) is 0 Å².